The zero-order chi connectivity index (χ0) is 9.56. The molecule has 0 fully saturated rings. The lowest BCUT2D eigenvalue weighted by atomic mass is 9.80. The van der Waals surface area contributed by atoms with Gasteiger partial charge in [-0.15, -0.1) is 0 Å². The molecule has 0 radical (unpaired) electrons. The zero-order valence-electron chi connectivity index (χ0n) is 9.30. The van der Waals surface area contributed by atoms with Crippen LogP contribution in [-0.2, 0) is 0 Å². The van der Waals surface area contributed by atoms with Crippen molar-refractivity contribution in [1.29, 1.82) is 0 Å². The summed E-state index contributed by atoms with van der Waals surface area (Å²) in [6, 6.07) is 0. The Bertz CT molecular complexity index is 124. The van der Waals surface area contributed by atoms with Crippen LogP contribution in [0.5, 0.6) is 0 Å². The Kier molecular flexibility index (Phi) is 6.14. The first-order valence-electron chi connectivity index (χ1n) is 5.42. The van der Waals surface area contributed by atoms with Crippen molar-refractivity contribution in [1.82, 2.24) is 0 Å². The van der Waals surface area contributed by atoms with Crippen molar-refractivity contribution >= 4 is 0 Å². The predicted molar refractivity (Wildman–Crippen MR) is 57.2 cm³/mol. The summed E-state index contributed by atoms with van der Waals surface area (Å²) in [7, 11) is 0. The van der Waals surface area contributed by atoms with Crippen molar-refractivity contribution in [2.24, 2.45) is 17.8 Å². The van der Waals surface area contributed by atoms with E-state index in [9.17, 15) is 0 Å². The molecule has 0 aliphatic heterocycles. The molecule has 72 valence electrons. The van der Waals surface area contributed by atoms with Crippen LogP contribution in [0.3, 0.4) is 0 Å². The highest BCUT2D eigenvalue weighted by Gasteiger charge is 2.18. The van der Waals surface area contributed by atoms with E-state index in [1.807, 2.05) is 13.8 Å². The molecule has 1 unspecified atom stereocenters. The number of hydrogen-bond acceptors (Lipinski definition) is 0. The van der Waals surface area contributed by atoms with Crippen LogP contribution in [0.4, 0.5) is 0 Å². The summed E-state index contributed by atoms with van der Waals surface area (Å²) in [5, 5.41) is 0. The van der Waals surface area contributed by atoms with E-state index < -0.39 is 0 Å². The molecule has 0 saturated heterocycles. The van der Waals surface area contributed by atoms with E-state index in [4.69, 9.17) is 0 Å². The van der Waals surface area contributed by atoms with Gasteiger partial charge in [-0.05, 0) is 30.6 Å². The minimum atomic E-state index is 0.817. The lowest BCUT2D eigenvalue weighted by Crippen LogP contribution is -2.15. The Morgan fingerprint density at radius 3 is 2.17 bits per heavy atom. The van der Waals surface area contributed by atoms with E-state index in [0.717, 1.165) is 17.8 Å². The number of hydrogen-bond donors (Lipinski definition) is 0. The van der Waals surface area contributed by atoms with Gasteiger partial charge in [0.1, 0.15) is 0 Å². The van der Waals surface area contributed by atoms with Crippen LogP contribution < -0.4 is 0 Å². The van der Waals surface area contributed by atoms with Gasteiger partial charge in [0.25, 0.3) is 0 Å². The molecule has 0 spiro atoms. The first-order chi connectivity index (χ1) is 5.74. The van der Waals surface area contributed by atoms with E-state index in [1.165, 1.54) is 12.8 Å². The summed E-state index contributed by atoms with van der Waals surface area (Å²) in [6.07, 6.45) is 7.46. The normalized spacial score (nSPS) is 33.9. The van der Waals surface area contributed by atoms with Gasteiger partial charge in [-0.25, -0.2) is 0 Å². The minimum Gasteiger partial charge on any atom is -0.0854 e. The van der Waals surface area contributed by atoms with Gasteiger partial charge in [0, 0.05) is 0 Å². The molecular weight excluding hydrogens is 144 g/mol. The highest BCUT2D eigenvalue weighted by Crippen LogP contribution is 2.29. The molecule has 0 aromatic heterocycles. The van der Waals surface area contributed by atoms with E-state index in [2.05, 4.69) is 32.9 Å². The van der Waals surface area contributed by atoms with Crippen LogP contribution in [0.15, 0.2) is 12.2 Å². The third-order valence-electron chi connectivity index (χ3n) is 2.63. The second-order valence-electron chi connectivity index (χ2n) is 3.65. The van der Waals surface area contributed by atoms with E-state index in [0.29, 0.717) is 0 Å². The molecule has 3 atom stereocenters. The summed E-state index contributed by atoms with van der Waals surface area (Å²) >= 11 is 0. The summed E-state index contributed by atoms with van der Waals surface area (Å²) in [5.41, 5.74) is 0. The standard InChI is InChI=1S/C10H18.C2H6/c1-4-10-6-5-8(2)7-9(10)3;1-2/h5-6,8-10H,4,7H2,1-3H3;1-2H3/t8-,9?,10+;/m1./s1. The smallest absolute Gasteiger partial charge is 0.0210 e. The molecule has 0 nitrogen and oxygen atoms in total. The van der Waals surface area contributed by atoms with E-state index in [1.54, 1.807) is 0 Å². The van der Waals surface area contributed by atoms with Crippen LogP contribution in [0.25, 0.3) is 0 Å². The lowest BCUT2D eigenvalue weighted by molar-refractivity contribution is 0.337. The summed E-state index contributed by atoms with van der Waals surface area (Å²) in [4.78, 5) is 0. The van der Waals surface area contributed by atoms with Crippen LogP contribution in [0.1, 0.15) is 47.5 Å². The molecule has 12 heavy (non-hydrogen) atoms. The Labute approximate surface area is 78.1 Å². The van der Waals surface area contributed by atoms with Crippen LogP contribution >= 0.6 is 0 Å². The molecule has 0 aromatic rings. The highest BCUT2D eigenvalue weighted by molar-refractivity contribution is 4.98. The molecule has 0 heterocycles. The maximum absolute atomic E-state index is 2.40. The molecule has 0 aromatic carbocycles. The first kappa shape index (κ1) is 11.7. The molecule has 1 aliphatic carbocycles. The molecule has 0 bridgehead atoms. The van der Waals surface area contributed by atoms with E-state index in [-0.39, 0.29) is 0 Å². The van der Waals surface area contributed by atoms with Gasteiger partial charge in [0.05, 0.1) is 0 Å². The Morgan fingerprint density at radius 2 is 1.75 bits per heavy atom. The van der Waals surface area contributed by atoms with Crippen molar-refractivity contribution in [2.75, 3.05) is 0 Å². The Hall–Kier alpha value is -0.260. The van der Waals surface area contributed by atoms with Gasteiger partial charge in [0.15, 0.2) is 0 Å². The maximum atomic E-state index is 2.40. The average Bonchev–Trinajstić information content (AvgIpc) is 2.08. The van der Waals surface area contributed by atoms with Crippen molar-refractivity contribution in [3.05, 3.63) is 12.2 Å². The fraction of sp³-hybridized carbons (Fsp3) is 0.833. The summed E-state index contributed by atoms with van der Waals surface area (Å²) in [5.74, 6) is 2.58. The zero-order valence-corrected chi connectivity index (χ0v) is 9.30. The maximum Gasteiger partial charge on any atom is -0.0210 e. The van der Waals surface area contributed by atoms with Gasteiger partial charge in [-0.3, -0.25) is 0 Å². The van der Waals surface area contributed by atoms with Gasteiger partial charge in [-0.1, -0.05) is 46.8 Å². The molecule has 0 saturated carbocycles. The Balaban J connectivity index is 0.000000561. The van der Waals surface area contributed by atoms with Gasteiger partial charge < -0.3 is 0 Å². The van der Waals surface area contributed by atoms with Crippen molar-refractivity contribution in [2.45, 2.75) is 47.5 Å². The monoisotopic (exact) mass is 168 g/mol. The highest BCUT2D eigenvalue weighted by atomic mass is 14.2. The minimum absolute atomic E-state index is 0.817. The first-order valence-corrected chi connectivity index (χ1v) is 5.42. The van der Waals surface area contributed by atoms with Crippen LogP contribution in [0.2, 0.25) is 0 Å². The van der Waals surface area contributed by atoms with Gasteiger partial charge in [-0.2, -0.15) is 0 Å². The fourth-order valence-corrected chi connectivity index (χ4v) is 1.90. The number of allylic oxidation sites excluding steroid dienone is 2. The largest absolute Gasteiger partial charge is 0.0854 e. The second-order valence-corrected chi connectivity index (χ2v) is 3.65. The quantitative estimate of drug-likeness (QED) is 0.513. The Morgan fingerprint density at radius 1 is 1.17 bits per heavy atom. The molecular formula is C12H24. The molecule has 0 heteroatoms. The third-order valence-corrected chi connectivity index (χ3v) is 2.63. The van der Waals surface area contributed by atoms with Crippen molar-refractivity contribution in [3.63, 3.8) is 0 Å². The summed E-state index contributed by atoms with van der Waals surface area (Å²) < 4.78 is 0. The molecule has 0 amide bonds. The SMILES string of the molecule is CC.CC[C@H]1C=C[C@@H](C)CC1C. The van der Waals surface area contributed by atoms with E-state index >= 15 is 0 Å². The van der Waals surface area contributed by atoms with Crippen LogP contribution in [0, 0.1) is 17.8 Å². The summed E-state index contributed by atoms with van der Waals surface area (Å²) in [6.45, 7) is 11.0. The molecule has 1 rings (SSSR count). The number of rotatable bonds is 1. The lowest BCUT2D eigenvalue weighted by Gasteiger charge is -2.26. The van der Waals surface area contributed by atoms with Crippen LogP contribution in [-0.4, -0.2) is 0 Å². The average molecular weight is 168 g/mol. The topological polar surface area (TPSA) is 0 Å². The molecule has 0 N–H and O–H groups in total. The van der Waals surface area contributed by atoms with Gasteiger partial charge >= 0.3 is 0 Å². The third kappa shape index (κ3) is 3.42. The van der Waals surface area contributed by atoms with Crippen molar-refractivity contribution in [3.8, 4) is 0 Å². The predicted octanol–water partition coefficient (Wildman–Crippen LogP) is 4.27. The van der Waals surface area contributed by atoms with Gasteiger partial charge in [0.2, 0.25) is 0 Å². The fourth-order valence-electron chi connectivity index (χ4n) is 1.90. The molecule has 1 aliphatic rings. The second kappa shape index (κ2) is 6.28. The van der Waals surface area contributed by atoms with Crippen molar-refractivity contribution < 1.29 is 0 Å².